The van der Waals surface area contributed by atoms with E-state index in [4.69, 9.17) is 0 Å². The quantitative estimate of drug-likeness (QED) is 0.927. The van der Waals surface area contributed by atoms with Crippen LogP contribution < -0.4 is 5.32 Å². The van der Waals surface area contributed by atoms with E-state index in [1.54, 1.807) is 11.3 Å². The van der Waals surface area contributed by atoms with Crippen molar-refractivity contribution < 1.29 is 9.59 Å². The topological polar surface area (TPSA) is 49.4 Å². The Morgan fingerprint density at radius 2 is 2.32 bits per heavy atom. The molecule has 0 spiro atoms. The van der Waals surface area contributed by atoms with Crippen LogP contribution in [0.15, 0.2) is 6.07 Å². The molecular formula is C17H24N2O2S. The average molecular weight is 320 g/mol. The molecule has 3 rings (SSSR count). The number of rotatable bonds is 4. The van der Waals surface area contributed by atoms with Crippen LogP contribution in [0.25, 0.3) is 0 Å². The first kappa shape index (κ1) is 15.5. The van der Waals surface area contributed by atoms with Crippen LogP contribution in [0.5, 0.6) is 0 Å². The Kier molecular flexibility index (Phi) is 4.52. The molecule has 22 heavy (non-hydrogen) atoms. The van der Waals surface area contributed by atoms with E-state index in [2.05, 4.69) is 18.3 Å². The minimum atomic E-state index is -0.00685. The van der Waals surface area contributed by atoms with Crippen LogP contribution in [0.4, 0.5) is 0 Å². The van der Waals surface area contributed by atoms with E-state index in [1.165, 1.54) is 16.9 Å². The summed E-state index contributed by atoms with van der Waals surface area (Å²) in [4.78, 5) is 28.1. The second kappa shape index (κ2) is 6.41. The van der Waals surface area contributed by atoms with Crippen molar-refractivity contribution in [2.24, 2.45) is 5.92 Å². The van der Waals surface area contributed by atoms with Crippen molar-refractivity contribution in [3.8, 4) is 0 Å². The normalized spacial score (nSPS) is 22.5. The lowest BCUT2D eigenvalue weighted by molar-refractivity contribution is -0.127. The van der Waals surface area contributed by atoms with E-state index in [0.717, 1.165) is 36.6 Å². The van der Waals surface area contributed by atoms with Crippen molar-refractivity contribution in [3.63, 3.8) is 0 Å². The van der Waals surface area contributed by atoms with Crippen molar-refractivity contribution in [2.75, 3.05) is 13.1 Å². The lowest BCUT2D eigenvalue weighted by Crippen LogP contribution is -2.42. The van der Waals surface area contributed by atoms with Gasteiger partial charge in [0.1, 0.15) is 0 Å². The Labute approximate surface area is 135 Å². The Bertz CT molecular complexity index is 581. The molecule has 4 nitrogen and oxygen atoms in total. The number of nitrogens with one attached hydrogen (secondary N) is 1. The second-order valence-electron chi connectivity index (χ2n) is 6.72. The fraction of sp³-hybridized carbons (Fsp3) is 0.647. The molecular weight excluding hydrogens is 296 g/mol. The van der Waals surface area contributed by atoms with Gasteiger partial charge in [0, 0.05) is 30.4 Å². The summed E-state index contributed by atoms with van der Waals surface area (Å²) in [5.74, 6) is 0.936. The molecule has 1 aromatic heterocycles. The van der Waals surface area contributed by atoms with Crippen LogP contribution in [-0.2, 0) is 17.6 Å². The van der Waals surface area contributed by atoms with Crippen LogP contribution in [-0.4, -0.2) is 35.8 Å². The molecule has 120 valence electrons. The molecule has 0 aromatic carbocycles. The van der Waals surface area contributed by atoms with E-state index in [-0.39, 0.29) is 17.9 Å². The fourth-order valence-electron chi connectivity index (χ4n) is 3.39. The van der Waals surface area contributed by atoms with Gasteiger partial charge in [0.15, 0.2) is 0 Å². The highest BCUT2D eigenvalue weighted by Crippen LogP contribution is 2.32. The Morgan fingerprint density at radius 3 is 3.05 bits per heavy atom. The lowest BCUT2D eigenvalue weighted by atomic mass is 9.90. The molecule has 0 bridgehead atoms. The summed E-state index contributed by atoms with van der Waals surface area (Å²) < 4.78 is 0. The standard InChI is InChI=1S/C17H24N2O2S/c1-11-5-6-14-13(8-11)9-15(22-14)17(21)18-12(2)10-19-7-3-4-16(19)20/h9,11-12H,3-8,10H2,1-2H3,(H,18,21). The van der Waals surface area contributed by atoms with Gasteiger partial charge in [-0.1, -0.05) is 6.92 Å². The molecule has 0 radical (unpaired) electrons. The molecule has 1 N–H and O–H groups in total. The van der Waals surface area contributed by atoms with Gasteiger partial charge in [-0.3, -0.25) is 9.59 Å². The fourth-order valence-corrected chi connectivity index (χ4v) is 4.50. The van der Waals surface area contributed by atoms with Gasteiger partial charge in [0.2, 0.25) is 5.91 Å². The SMILES string of the molecule is CC1CCc2sc(C(=O)NC(C)CN3CCCC3=O)cc2C1. The van der Waals surface area contributed by atoms with E-state index >= 15 is 0 Å². The first-order chi connectivity index (χ1) is 10.5. The van der Waals surface area contributed by atoms with Crippen LogP contribution in [0.3, 0.4) is 0 Å². The van der Waals surface area contributed by atoms with Gasteiger partial charge in [-0.2, -0.15) is 0 Å². The van der Waals surface area contributed by atoms with Gasteiger partial charge >= 0.3 is 0 Å². The van der Waals surface area contributed by atoms with Crippen molar-refractivity contribution in [1.29, 1.82) is 0 Å². The molecule has 5 heteroatoms. The number of aryl methyl sites for hydroxylation is 1. The minimum Gasteiger partial charge on any atom is -0.347 e. The maximum atomic E-state index is 12.4. The number of nitrogens with zero attached hydrogens (tertiary/aromatic N) is 1. The number of likely N-dealkylation sites (tertiary alicyclic amines) is 1. The van der Waals surface area contributed by atoms with E-state index in [1.807, 2.05) is 11.8 Å². The molecule has 1 saturated heterocycles. The number of amides is 2. The molecule has 1 aliphatic carbocycles. The van der Waals surface area contributed by atoms with Crippen LogP contribution in [0.2, 0.25) is 0 Å². The summed E-state index contributed by atoms with van der Waals surface area (Å²) in [5, 5.41) is 3.04. The molecule has 2 aliphatic rings. The van der Waals surface area contributed by atoms with Crippen molar-refractivity contribution in [2.45, 2.75) is 52.0 Å². The zero-order valence-corrected chi connectivity index (χ0v) is 14.2. The molecule has 2 atom stereocenters. The smallest absolute Gasteiger partial charge is 0.261 e. The van der Waals surface area contributed by atoms with Crippen LogP contribution in [0, 0.1) is 5.92 Å². The third-order valence-corrected chi connectivity index (χ3v) is 5.83. The maximum Gasteiger partial charge on any atom is 0.261 e. The van der Waals surface area contributed by atoms with Gasteiger partial charge in [-0.15, -0.1) is 11.3 Å². The second-order valence-corrected chi connectivity index (χ2v) is 7.86. The summed E-state index contributed by atoms with van der Waals surface area (Å²) in [5.41, 5.74) is 1.36. The highest BCUT2D eigenvalue weighted by atomic mass is 32.1. The number of thiophene rings is 1. The van der Waals surface area contributed by atoms with Gasteiger partial charge in [-0.05, 0) is 50.2 Å². The molecule has 2 unspecified atom stereocenters. The number of carbonyl (C=O) groups is 2. The Hall–Kier alpha value is -1.36. The van der Waals surface area contributed by atoms with E-state index < -0.39 is 0 Å². The zero-order chi connectivity index (χ0) is 15.7. The monoisotopic (exact) mass is 320 g/mol. The first-order valence-corrected chi connectivity index (χ1v) is 9.05. The molecule has 1 aromatic rings. The van der Waals surface area contributed by atoms with Crippen molar-refractivity contribution >= 4 is 23.2 Å². The highest BCUT2D eigenvalue weighted by molar-refractivity contribution is 7.14. The van der Waals surface area contributed by atoms with Crippen LogP contribution in [0.1, 0.15) is 53.2 Å². The highest BCUT2D eigenvalue weighted by Gasteiger charge is 2.24. The van der Waals surface area contributed by atoms with Crippen molar-refractivity contribution in [3.05, 3.63) is 21.4 Å². The molecule has 2 heterocycles. The number of carbonyl (C=O) groups excluding carboxylic acids is 2. The van der Waals surface area contributed by atoms with Crippen molar-refractivity contribution in [1.82, 2.24) is 10.2 Å². The van der Waals surface area contributed by atoms with Gasteiger partial charge in [0.25, 0.3) is 5.91 Å². The Balaban J connectivity index is 1.58. The largest absolute Gasteiger partial charge is 0.347 e. The molecule has 1 aliphatic heterocycles. The average Bonchev–Trinajstić information content (AvgIpc) is 3.05. The molecule has 1 fully saturated rings. The third kappa shape index (κ3) is 3.35. The summed E-state index contributed by atoms with van der Waals surface area (Å²) in [6.45, 7) is 5.69. The summed E-state index contributed by atoms with van der Waals surface area (Å²) >= 11 is 1.64. The minimum absolute atomic E-state index is 0.00574. The van der Waals surface area contributed by atoms with E-state index in [9.17, 15) is 9.59 Å². The molecule has 2 amide bonds. The zero-order valence-electron chi connectivity index (χ0n) is 13.4. The number of hydrogen-bond donors (Lipinski definition) is 1. The predicted molar refractivity (Wildman–Crippen MR) is 88.3 cm³/mol. The summed E-state index contributed by atoms with van der Waals surface area (Å²) in [6, 6.07) is 2.06. The summed E-state index contributed by atoms with van der Waals surface area (Å²) in [6.07, 6.45) is 5.01. The van der Waals surface area contributed by atoms with E-state index in [0.29, 0.717) is 13.0 Å². The predicted octanol–water partition coefficient (Wildman–Crippen LogP) is 2.61. The molecule has 0 saturated carbocycles. The van der Waals surface area contributed by atoms with Gasteiger partial charge < -0.3 is 10.2 Å². The van der Waals surface area contributed by atoms with Gasteiger partial charge in [-0.25, -0.2) is 0 Å². The third-order valence-electron chi connectivity index (χ3n) is 4.60. The number of fused-ring (bicyclic) bond motifs is 1. The maximum absolute atomic E-state index is 12.4. The van der Waals surface area contributed by atoms with Gasteiger partial charge in [0.05, 0.1) is 4.88 Å². The summed E-state index contributed by atoms with van der Waals surface area (Å²) in [7, 11) is 0. The first-order valence-electron chi connectivity index (χ1n) is 8.23. The lowest BCUT2D eigenvalue weighted by Gasteiger charge is -2.21. The Morgan fingerprint density at radius 1 is 1.50 bits per heavy atom. The van der Waals surface area contributed by atoms with Crippen LogP contribution >= 0.6 is 11.3 Å². The number of hydrogen-bond acceptors (Lipinski definition) is 3.